The number of ether oxygens (including phenoxy) is 1. The van der Waals surface area contributed by atoms with Gasteiger partial charge in [-0.3, -0.25) is 0 Å². The Bertz CT molecular complexity index is 579. The summed E-state index contributed by atoms with van der Waals surface area (Å²) in [6, 6.07) is 5.85. The van der Waals surface area contributed by atoms with Gasteiger partial charge in [0.1, 0.15) is 11.9 Å². The Balaban J connectivity index is 2.17. The standard InChI is InChI=1S/C15H15NO/c1-9-3-5-12-10(2)13-6-4-11(16)8-15(13)17-14(12)7-9/h3-8,14H,16H2,1-2H3. The second-order valence-corrected chi connectivity index (χ2v) is 4.62. The first kappa shape index (κ1) is 10.2. The largest absolute Gasteiger partial charge is 0.481 e. The topological polar surface area (TPSA) is 35.2 Å². The number of rotatable bonds is 0. The normalized spacial score (nSPS) is 21.5. The number of hydrogen-bond acceptors (Lipinski definition) is 2. The summed E-state index contributed by atoms with van der Waals surface area (Å²) in [6.07, 6.45) is 6.45. The number of hydrogen-bond donors (Lipinski definition) is 1. The van der Waals surface area contributed by atoms with Crippen molar-refractivity contribution in [1.82, 2.24) is 0 Å². The summed E-state index contributed by atoms with van der Waals surface area (Å²) < 4.78 is 5.99. The van der Waals surface area contributed by atoms with Crippen LogP contribution in [0.25, 0.3) is 5.57 Å². The minimum absolute atomic E-state index is 0.0364. The number of nitrogens with two attached hydrogens (primary N) is 1. The van der Waals surface area contributed by atoms with Crippen LogP contribution in [0.5, 0.6) is 5.75 Å². The molecule has 0 spiro atoms. The van der Waals surface area contributed by atoms with Gasteiger partial charge in [-0.2, -0.15) is 0 Å². The summed E-state index contributed by atoms with van der Waals surface area (Å²) in [6.45, 7) is 4.22. The molecule has 2 heteroatoms. The van der Waals surface area contributed by atoms with E-state index in [0.717, 1.165) is 17.0 Å². The van der Waals surface area contributed by atoms with Gasteiger partial charge in [0.2, 0.25) is 0 Å². The zero-order valence-electron chi connectivity index (χ0n) is 10.0. The van der Waals surface area contributed by atoms with E-state index in [1.807, 2.05) is 18.2 Å². The van der Waals surface area contributed by atoms with Crippen molar-refractivity contribution >= 4 is 11.3 Å². The van der Waals surface area contributed by atoms with Crippen molar-refractivity contribution in [2.45, 2.75) is 20.0 Å². The lowest BCUT2D eigenvalue weighted by Crippen LogP contribution is -2.23. The summed E-state index contributed by atoms with van der Waals surface area (Å²) >= 11 is 0. The summed E-state index contributed by atoms with van der Waals surface area (Å²) in [5.74, 6) is 0.885. The van der Waals surface area contributed by atoms with Crippen LogP contribution in [0.4, 0.5) is 5.69 Å². The average molecular weight is 225 g/mol. The second-order valence-electron chi connectivity index (χ2n) is 4.62. The number of benzene rings is 1. The molecule has 2 N–H and O–H groups in total. The number of allylic oxidation sites excluding steroid dienone is 3. The third kappa shape index (κ3) is 1.57. The average Bonchev–Trinajstić information content (AvgIpc) is 2.28. The van der Waals surface area contributed by atoms with Crippen LogP contribution in [0, 0.1) is 0 Å². The maximum absolute atomic E-state index is 5.99. The van der Waals surface area contributed by atoms with E-state index in [0.29, 0.717) is 0 Å². The van der Waals surface area contributed by atoms with E-state index >= 15 is 0 Å². The van der Waals surface area contributed by atoms with Crippen molar-refractivity contribution in [2.75, 3.05) is 5.73 Å². The Morgan fingerprint density at radius 1 is 1.18 bits per heavy atom. The fraction of sp³-hybridized carbons (Fsp3) is 0.200. The lowest BCUT2D eigenvalue weighted by atomic mass is 9.90. The molecule has 3 rings (SSSR count). The highest BCUT2D eigenvalue weighted by atomic mass is 16.5. The summed E-state index contributed by atoms with van der Waals surface area (Å²) in [4.78, 5) is 0. The zero-order valence-corrected chi connectivity index (χ0v) is 10.0. The highest BCUT2D eigenvalue weighted by molar-refractivity contribution is 5.78. The van der Waals surface area contributed by atoms with Crippen LogP contribution >= 0.6 is 0 Å². The monoisotopic (exact) mass is 225 g/mol. The molecule has 86 valence electrons. The molecule has 0 saturated heterocycles. The van der Waals surface area contributed by atoms with Gasteiger partial charge in [-0.25, -0.2) is 0 Å². The van der Waals surface area contributed by atoms with Gasteiger partial charge in [0.15, 0.2) is 0 Å². The molecule has 0 saturated carbocycles. The molecule has 1 aromatic rings. The predicted molar refractivity (Wildman–Crippen MR) is 70.8 cm³/mol. The van der Waals surface area contributed by atoms with E-state index in [-0.39, 0.29) is 6.10 Å². The van der Waals surface area contributed by atoms with Gasteiger partial charge in [-0.15, -0.1) is 0 Å². The first-order valence-corrected chi connectivity index (χ1v) is 5.79. The maximum atomic E-state index is 5.99. The van der Waals surface area contributed by atoms with E-state index in [1.165, 1.54) is 16.7 Å². The molecule has 1 heterocycles. The van der Waals surface area contributed by atoms with Gasteiger partial charge in [-0.1, -0.05) is 17.7 Å². The highest BCUT2D eigenvalue weighted by Gasteiger charge is 2.25. The van der Waals surface area contributed by atoms with Crippen LogP contribution in [0.1, 0.15) is 19.4 Å². The highest BCUT2D eigenvalue weighted by Crippen LogP contribution is 2.39. The maximum Gasteiger partial charge on any atom is 0.143 e. The van der Waals surface area contributed by atoms with Crippen molar-refractivity contribution in [3.05, 3.63) is 53.1 Å². The number of nitrogen functional groups attached to an aromatic ring is 1. The van der Waals surface area contributed by atoms with Crippen molar-refractivity contribution in [1.29, 1.82) is 0 Å². The molecule has 2 nitrogen and oxygen atoms in total. The Kier molecular flexibility index (Phi) is 2.11. The van der Waals surface area contributed by atoms with Crippen LogP contribution in [0.3, 0.4) is 0 Å². The lowest BCUT2D eigenvalue weighted by Gasteiger charge is -2.29. The van der Waals surface area contributed by atoms with Crippen molar-refractivity contribution in [3.63, 3.8) is 0 Å². The molecule has 0 amide bonds. The van der Waals surface area contributed by atoms with Crippen LogP contribution in [0.2, 0.25) is 0 Å². The molecular weight excluding hydrogens is 210 g/mol. The molecule has 1 atom stereocenters. The Hall–Kier alpha value is -1.96. The fourth-order valence-corrected chi connectivity index (χ4v) is 2.37. The molecule has 1 aliphatic heterocycles. The molecular formula is C15H15NO. The minimum Gasteiger partial charge on any atom is -0.481 e. The van der Waals surface area contributed by atoms with E-state index in [4.69, 9.17) is 10.5 Å². The van der Waals surface area contributed by atoms with E-state index in [9.17, 15) is 0 Å². The van der Waals surface area contributed by atoms with Crippen molar-refractivity contribution in [2.24, 2.45) is 0 Å². The van der Waals surface area contributed by atoms with Crippen LogP contribution in [0.15, 0.2) is 47.6 Å². The second kappa shape index (κ2) is 3.52. The van der Waals surface area contributed by atoms with E-state index in [2.05, 4.69) is 32.1 Å². The SMILES string of the molecule is CC1=CC2Oc3cc(N)ccc3C(C)=C2C=C1. The minimum atomic E-state index is 0.0364. The van der Waals surface area contributed by atoms with Gasteiger partial charge in [0.05, 0.1) is 0 Å². The smallest absolute Gasteiger partial charge is 0.143 e. The summed E-state index contributed by atoms with van der Waals surface area (Å²) in [7, 11) is 0. The Labute approximate surface area is 101 Å². The molecule has 0 bridgehead atoms. The third-order valence-corrected chi connectivity index (χ3v) is 3.34. The van der Waals surface area contributed by atoms with Crippen LogP contribution < -0.4 is 10.5 Å². The molecule has 17 heavy (non-hydrogen) atoms. The quantitative estimate of drug-likeness (QED) is 0.687. The lowest BCUT2D eigenvalue weighted by molar-refractivity contribution is 0.281. The molecule has 1 unspecified atom stereocenters. The summed E-state index contributed by atoms with van der Waals surface area (Å²) in [5.41, 5.74) is 11.4. The molecule has 2 aliphatic rings. The molecule has 0 radical (unpaired) electrons. The first-order valence-electron chi connectivity index (χ1n) is 5.79. The summed E-state index contributed by atoms with van der Waals surface area (Å²) in [5, 5.41) is 0. The molecule has 0 fully saturated rings. The van der Waals surface area contributed by atoms with Crippen molar-refractivity contribution < 1.29 is 4.74 Å². The first-order chi connectivity index (χ1) is 8.15. The van der Waals surface area contributed by atoms with Gasteiger partial charge < -0.3 is 10.5 Å². The molecule has 1 aliphatic carbocycles. The Morgan fingerprint density at radius 2 is 2.00 bits per heavy atom. The van der Waals surface area contributed by atoms with Gasteiger partial charge in [0, 0.05) is 17.3 Å². The predicted octanol–water partition coefficient (Wildman–Crippen LogP) is 3.32. The number of fused-ring (bicyclic) bond motifs is 2. The Morgan fingerprint density at radius 3 is 2.82 bits per heavy atom. The van der Waals surface area contributed by atoms with E-state index < -0.39 is 0 Å². The van der Waals surface area contributed by atoms with Gasteiger partial charge in [-0.05, 0) is 43.2 Å². The van der Waals surface area contributed by atoms with Gasteiger partial charge in [0.25, 0.3) is 0 Å². The number of anilines is 1. The molecule has 0 aromatic heterocycles. The van der Waals surface area contributed by atoms with E-state index in [1.54, 1.807) is 0 Å². The zero-order chi connectivity index (χ0) is 12.0. The molecule has 1 aromatic carbocycles. The fourth-order valence-electron chi connectivity index (χ4n) is 2.37. The van der Waals surface area contributed by atoms with Crippen LogP contribution in [-0.4, -0.2) is 6.10 Å². The van der Waals surface area contributed by atoms with Gasteiger partial charge >= 0.3 is 0 Å². The third-order valence-electron chi connectivity index (χ3n) is 3.34. The van der Waals surface area contributed by atoms with Crippen LogP contribution in [-0.2, 0) is 0 Å². The van der Waals surface area contributed by atoms with Crippen molar-refractivity contribution in [3.8, 4) is 5.75 Å².